The molecule has 92 valence electrons. The molecule has 3 heteroatoms. The van der Waals surface area contributed by atoms with Crippen LogP contribution in [-0.4, -0.2) is 17.8 Å². The number of halogens is 1. The molecule has 0 saturated carbocycles. The van der Waals surface area contributed by atoms with Crippen LogP contribution in [0.5, 0.6) is 5.75 Å². The van der Waals surface area contributed by atoms with Gasteiger partial charge in [-0.3, -0.25) is 0 Å². The fraction of sp³-hybridized carbons (Fsp3) is 0.429. The predicted molar refractivity (Wildman–Crippen MR) is 65.4 cm³/mol. The lowest BCUT2D eigenvalue weighted by atomic mass is 10.1. The lowest BCUT2D eigenvalue weighted by Crippen LogP contribution is -2.14. The average molecular weight is 236 g/mol. The highest BCUT2D eigenvalue weighted by molar-refractivity contribution is 5.46. The van der Waals surface area contributed by atoms with Crippen molar-refractivity contribution in [1.29, 1.82) is 0 Å². The summed E-state index contributed by atoms with van der Waals surface area (Å²) in [6.07, 6.45) is 1.78. The van der Waals surface area contributed by atoms with Crippen molar-refractivity contribution in [2.24, 2.45) is 0 Å². The highest BCUT2D eigenvalue weighted by atomic mass is 19.1. The van der Waals surface area contributed by atoms with Crippen LogP contribution in [0.1, 0.15) is 32.3 Å². The summed E-state index contributed by atoms with van der Waals surface area (Å²) in [6, 6.07) is 4.23. The maximum absolute atomic E-state index is 13.2. The van der Waals surface area contributed by atoms with Gasteiger partial charge in [-0.15, -0.1) is 0 Å². The van der Waals surface area contributed by atoms with Crippen LogP contribution in [0.15, 0.2) is 18.2 Å². The van der Waals surface area contributed by atoms with E-state index >= 15 is 0 Å². The molecular formula is C14H17FO2. The van der Waals surface area contributed by atoms with Gasteiger partial charge in [0.05, 0.1) is 11.7 Å². The Morgan fingerprint density at radius 1 is 1.35 bits per heavy atom. The van der Waals surface area contributed by atoms with E-state index in [4.69, 9.17) is 9.84 Å². The second kappa shape index (κ2) is 6.93. The minimum Gasteiger partial charge on any atom is -0.489 e. The lowest BCUT2D eigenvalue weighted by molar-refractivity contribution is 0.191. The summed E-state index contributed by atoms with van der Waals surface area (Å²) in [4.78, 5) is 0. The monoisotopic (exact) mass is 236 g/mol. The minimum atomic E-state index is -0.347. The van der Waals surface area contributed by atoms with Gasteiger partial charge in [-0.25, -0.2) is 4.39 Å². The highest BCUT2D eigenvalue weighted by Gasteiger charge is 2.09. The molecule has 0 radical (unpaired) electrons. The summed E-state index contributed by atoms with van der Waals surface area (Å²) >= 11 is 0. The Hall–Kier alpha value is -1.53. The summed E-state index contributed by atoms with van der Waals surface area (Å²) < 4.78 is 18.8. The molecule has 0 aliphatic rings. The van der Waals surface area contributed by atoms with Crippen LogP contribution in [0.4, 0.5) is 4.39 Å². The number of benzene rings is 1. The number of aliphatic hydroxyl groups is 1. The van der Waals surface area contributed by atoms with Gasteiger partial charge < -0.3 is 9.84 Å². The van der Waals surface area contributed by atoms with E-state index in [1.807, 2.05) is 13.8 Å². The molecule has 0 heterocycles. The zero-order valence-corrected chi connectivity index (χ0v) is 10.2. The molecule has 0 unspecified atom stereocenters. The van der Waals surface area contributed by atoms with Gasteiger partial charge in [0.2, 0.25) is 0 Å². The molecule has 1 aromatic rings. The van der Waals surface area contributed by atoms with Gasteiger partial charge in [0.1, 0.15) is 18.2 Å². The van der Waals surface area contributed by atoms with Crippen molar-refractivity contribution in [3.8, 4) is 17.6 Å². The van der Waals surface area contributed by atoms with E-state index in [9.17, 15) is 4.39 Å². The Labute approximate surface area is 101 Å². The summed E-state index contributed by atoms with van der Waals surface area (Å²) in [5, 5.41) is 8.66. The van der Waals surface area contributed by atoms with Crippen LogP contribution in [0.2, 0.25) is 0 Å². The van der Waals surface area contributed by atoms with Crippen molar-refractivity contribution in [1.82, 2.24) is 0 Å². The molecule has 0 atom stereocenters. The molecule has 0 saturated heterocycles. The highest BCUT2D eigenvalue weighted by Crippen LogP contribution is 2.22. The Bertz CT molecular complexity index is 414. The molecule has 0 fully saturated rings. The van der Waals surface area contributed by atoms with E-state index in [1.165, 1.54) is 12.1 Å². The van der Waals surface area contributed by atoms with Gasteiger partial charge >= 0.3 is 0 Å². The van der Waals surface area contributed by atoms with Crippen molar-refractivity contribution in [2.45, 2.75) is 32.8 Å². The Morgan fingerprint density at radius 3 is 2.65 bits per heavy atom. The first-order valence-electron chi connectivity index (χ1n) is 5.77. The zero-order chi connectivity index (χ0) is 12.7. The molecule has 0 spiro atoms. The average Bonchev–Trinajstić information content (AvgIpc) is 2.35. The van der Waals surface area contributed by atoms with Gasteiger partial charge in [-0.2, -0.15) is 0 Å². The fourth-order valence-electron chi connectivity index (χ4n) is 1.47. The molecule has 2 nitrogen and oxygen atoms in total. The molecule has 1 aromatic carbocycles. The quantitative estimate of drug-likeness (QED) is 0.814. The maximum Gasteiger partial charge on any atom is 0.138 e. The number of hydrogen-bond acceptors (Lipinski definition) is 2. The third-order valence-electron chi connectivity index (χ3n) is 2.45. The van der Waals surface area contributed by atoms with Crippen LogP contribution in [0, 0.1) is 17.7 Å². The van der Waals surface area contributed by atoms with E-state index in [0.717, 1.165) is 12.8 Å². The van der Waals surface area contributed by atoms with Gasteiger partial charge in [0, 0.05) is 6.07 Å². The number of ether oxygens (including phenoxy) is 1. The van der Waals surface area contributed by atoms with E-state index in [-0.39, 0.29) is 18.5 Å². The van der Waals surface area contributed by atoms with Crippen LogP contribution in [0.3, 0.4) is 0 Å². The number of aliphatic hydroxyl groups excluding tert-OH is 1. The lowest BCUT2D eigenvalue weighted by Gasteiger charge is -2.16. The molecule has 0 amide bonds. The first kappa shape index (κ1) is 13.5. The molecular weight excluding hydrogens is 219 g/mol. The third kappa shape index (κ3) is 4.08. The normalized spacial score (nSPS) is 9.94. The van der Waals surface area contributed by atoms with Crippen molar-refractivity contribution >= 4 is 0 Å². The van der Waals surface area contributed by atoms with Gasteiger partial charge in [0.15, 0.2) is 0 Å². The number of rotatable bonds is 4. The fourth-order valence-corrected chi connectivity index (χ4v) is 1.47. The van der Waals surface area contributed by atoms with E-state index in [0.29, 0.717) is 11.3 Å². The van der Waals surface area contributed by atoms with E-state index in [2.05, 4.69) is 11.8 Å². The summed E-state index contributed by atoms with van der Waals surface area (Å²) in [5.41, 5.74) is 0.604. The van der Waals surface area contributed by atoms with Crippen molar-refractivity contribution < 1.29 is 14.2 Å². The van der Waals surface area contributed by atoms with Crippen LogP contribution in [0.25, 0.3) is 0 Å². The maximum atomic E-state index is 13.2. The molecule has 1 rings (SSSR count). The Balaban J connectivity index is 2.98. The number of hydrogen-bond donors (Lipinski definition) is 1. The van der Waals surface area contributed by atoms with Crippen LogP contribution in [-0.2, 0) is 0 Å². The van der Waals surface area contributed by atoms with E-state index < -0.39 is 0 Å². The second-order valence-electron chi connectivity index (χ2n) is 3.66. The molecule has 0 aliphatic carbocycles. The van der Waals surface area contributed by atoms with E-state index in [1.54, 1.807) is 6.07 Å². The van der Waals surface area contributed by atoms with Gasteiger partial charge in [-0.05, 0) is 25.0 Å². The van der Waals surface area contributed by atoms with Gasteiger partial charge in [0.25, 0.3) is 0 Å². The van der Waals surface area contributed by atoms with Crippen molar-refractivity contribution in [3.63, 3.8) is 0 Å². The molecule has 0 aromatic heterocycles. The molecule has 1 N–H and O–H groups in total. The summed E-state index contributed by atoms with van der Waals surface area (Å²) in [6.45, 7) is 3.82. The van der Waals surface area contributed by atoms with Crippen molar-refractivity contribution in [2.75, 3.05) is 6.61 Å². The SMILES string of the molecule is CCC(CC)Oc1cc(F)ccc1C#CCO. The Kier molecular flexibility index (Phi) is 5.51. The van der Waals surface area contributed by atoms with Gasteiger partial charge in [-0.1, -0.05) is 25.7 Å². The van der Waals surface area contributed by atoms with Crippen LogP contribution >= 0.6 is 0 Å². The topological polar surface area (TPSA) is 29.5 Å². The molecule has 0 bridgehead atoms. The summed E-state index contributed by atoms with van der Waals surface area (Å²) in [5.74, 6) is 5.39. The smallest absolute Gasteiger partial charge is 0.138 e. The Morgan fingerprint density at radius 2 is 2.06 bits per heavy atom. The van der Waals surface area contributed by atoms with Crippen LogP contribution < -0.4 is 4.74 Å². The summed E-state index contributed by atoms with van der Waals surface area (Å²) in [7, 11) is 0. The minimum absolute atomic E-state index is 0.0616. The predicted octanol–water partition coefficient (Wildman–Crippen LogP) is 2.74. The first-order chi connectivity index (χ1) is 8.21. The molecule has 17 heavy (non-hydrogen) atoms. The second-order valence-corrected chi connectivity index (χ2v) is 3.66. The first-order valence-corrected chi connectivity index (χ1v) is 5.77. The molecule has 0 aliphatic heterocycles. The van der Waals surface area contributed by atoms with Crippen molar-refractivity contribution in [3.05, 3.63) is 29.6 Å². The standard InChI is InChI=1S/C14H17FO2/c1-3-13(4-2)17-14-10-12(15)8-7-11(14)6-5-9-16/h7-8,10,13,16H,3-4,9H2,1-2H3. The zero-order valence-electron chi connectivity index (χ0n) is 10.2. The largest absolute Gasteiger partial charge is 0.489 e. The third-order valence-corrected chi connectivity index (χ3v) is 2.45.